The molecule has 0 aliphatic carbocycles. The first-order valence-corrected chi connectivity index (χ1v) is 10.9. The van der Waals surface area contributed by atoms with Gasteiger partial charge in [-0.3, -0.25) is 4.79 Å². The van der Waals surface area contributed by atoms with Crippen molar-refractivity contribution in [2.75, 3.05) is 12.4 Å². The van der Waals surface area contributed by atoms with E-state index in [1.165, 1.54) is 23.5 Å². The van der Waals surface area contributed by atoms with Crippen molar-refractivity contribution in [1.29, 1.82) is 0 Å². The number of anilines is 1. The predicted molar refractivity (Wildman–Crippen MR) is 110 cm³/mol. The summed E-state index contributed by atoms with van der Waals surface area (Å²) in [5.41, 5.74) is 0.729. The number of thiazole rings is 1. The van der Waals surface area contributed by atoms with Crippen LogP contribution in [0.3, 0.4) is 0 Å². The van der Waals surface area contributed by atoms with Crippen LogP contribution in [0.15, 0.2) is 53.4 Å². The molecule has 28 heavy (non-hydrogen) atoms. The van der Waals surface area contributed by atoms with Gasteiger partial charge >= 0.3 is 0 Å². The molecule has 0 radical (unpaired) electrons. The van der Waals surface area contributed by atoms with E-state index in [0.717, 1.165) is 10.2 Å². The first-order chi connectivity index (χ1) is 13.3. The predicted octanol–water partition coefficient (Wildman–Crippen LogP) is 3.25. The molecule has 0 aliphatic rings. The number of benzene rings is 2. The minimum absolute atomic E-state index is 0.112. The topological polar surface area (TPSA) is 97.4 Å². The van der Waals surface area contributed by atoms with Crippen LogP contribution in [0, 0.1) is 5.92 Å². The van der Waals surface area contributed by atoms with E-state index in [9.17, 15) is 13.2 Å². The zero-order chi connectivity index (χ0) is 20.3. The molecule has 0 bridgehead atoms. The number of fused-ring (bicyclic) bond motifs is 1. The average molecular weight is 420 g/mol. The number of aromatic nitrogens is 1. The molecule has 1 amide bonds. The molecule has 0 fully saturated rings. The summed E-state index contributed by atoms with van der Waals surface area (Å²) in [4.78, 5) is 17.3. The van der Waals surface area contributed by atoms with Gasteiger partial charge < -0.3 is 10.1 Å². The smallest absolute Gasteiger partial charge is 0.244 e. The zero-order valence-electron chi connectivity index (χ0n) is 15.7. The van der Waals surface area contributed by atoms with Crippen molar-refractivity contribution in [3.8, 4) is 5.75 Å². The second kappa shape index (κ2) is 8.26. The van der Waals surface area contributed by atoms with Gasteiger partial charge in [0.05, 0.1) is 22.2 Å². The molecule has 3 rings (SSSR count). The van der Waals surface area contributed by atoms with Crippen molar-refractivity contribution in [2.24, 2.45) is 5.92 Å². The lowest BCUT2D eigenvalue weighted by atomic mass is 10.1. The lowest BCUT2D eigenvalue weighted by molar-refractivity contribution is -0.118. The van der Waals surface area contributed by atoms with Gasteiger partial charge in [-0.2, -0.15) is 4.72 Å². The van der Waals surface area contributed by atoms with E-state index in [-0.39, 0.29) is 10.8 Å². The number of amides is 1. The summed E-state index contributed by atoms with van der Waals surface area (Å²) >= 11 is 1.30. The number of carbonyl (C=O) groups excluding carboxylic acids is 1. The molecule has 7 nitrogen and oxygen atoms in total. The maximum Gasteiger partial charge on any atom is 0.244 e. The van der Waals surface area contributed by atoms with Gasteiger partial charge in [-0.05, 0) is 36.2 Å². The molecule has 148 valence electrons. The standard InChI is InChI=1S/C19H21N3O4S2/c1-12(2)17(22-28(24,25)14-7-5-4-6-8-14)18(23)21-19-20-15-10-9-13(26-3)11-16(15)27-19/h4-12,17,22H,1-3H3,(H,20,21,23)/t17-/m1/s1. The van der Waals surface area contributed by atoms with Crippen molar-refractivity contribution in [3.63, 3.8) is 0 Å². The fourth-order valence-electron chi connectivity index (χ4n) is 2.60. The maximum absolute atomic E-state index is 12.8. The Labute approximate surface area is 167 Å². The molecule has 2 N–H and O–H groups in total. The van der Waals surface area contributed by atoms with Crippen molar-refractivity contribution in [3.05, 3.63) is 48.5 Å². The average Bonchev–Trinajstić information content (AvgIpc) is 3.07. The minimum atomic E-state index is -3.82. The summed E-state index contributed by atoms with van der Waals surface area (Å²) in [6, 6.07) is 12.5. The Kier molecular flexibility index (Phi) is 5.97. The molecule has 1 heterocycles. The van der Waals surface area contributed by atoms with Crippen LogP contribution in [0.5, 0.6) is 5.75 Å². The molecule has 9 heteroatoms. The molecule has 0 unspecified atom stereocenters. The van der Waals surface area contributed by atoms with Gasteiger partial charge in [0.15, 0.2) is 5.13 Å². The highest BCUT2D eigenvalue weighted by Gasteiger charge is 2.29. The number of sulfonamides is 1. The van der Waals surface area contributed by atoms with Crippen LogP contribution >= 0.6 is 11.3 Å². The highest BCUT2D eigenvalue weighted by Crippen LogP contribution is 2.29. The number of hydrogen-bond donors (Lipinski definition) is 2. The van der Waals surface area contributed by atoms with Gasteiger partial charge in [0.25, 0.3) is 0 Å². The highest BCUT2D eigenvalue weighted by atomic mass is 32.2. The zero-order valence-corrected chi connectivity index (χ0v) is 17.3. The molecule has 3 aromatic rings. The summed E-state index contributed by atoms with van der Waals surface area (Å²) in [6.45, 7) is 3.56. The monoisotopic (exact) mass is 419 g/mol. The van der Waals surface area contributed by atoms with Crippen molar-refractivity contribution >= 4 is 42.6 Å². The molecule has 2 aromatic carbocycles. The van der Waals surface area contributed by atoms with Crippen LogP contribution in [-0.4, -0.2) is 32.5 Å². The first kappa shape index (κ1) is 20.2. The molecule has 0 aliphatic heterocycles. The number of nitrogens with one attached hydrogen (secondary N) is 2. The fourth-order valence-corrected chi connectivity index (χ4v) is 4.86. The molecular weight excluding hydrogens is 398 g/mol. The summed E-state index contributed by atoms with van der Waals surface area (Å²) < 4.78 is 33.7. The SMILES string of the molecule is COc1ccc2nc(NC(=O)[C@H](NS(=O)(=O)c3ccccc3)C(C)C)sc2c1. The Morgan fingerprint density at radius 3 is 2.50 bits per heavy atom. The largest absolute Gasteiger partial charge is 0.497 e. The van der Waals surface area contributed by atoms with E-state index < -0.39 is 22.0 Å². The summed E-state index contributed by atoms with van der Waals surface area (Å²) in [6.07, 6.45) is 0. The van der Waals surface area contributed by atoms with E-state index in [0.29, 0.717) is 10.9 Å². The molecule has 0 saturated carbocycles. The Morgan fingerprint density at radius 1 is 1.14 bits per heavy atom. The molecule has 1 atom stereocenters. The normalized spacial score (nSPS) is 12.9. The lowest BCUT2D eigenvalue weighted by Crippen LogP contribution is -2.46. The molecular formula is C19H21N3O4S2. The van der Waals surface area contributed by atoms with Crippen LogP contribution in [0.2, 0.25) is 0 Å². The quantitative estimate of drug-likeness (QED) is 0.613. The fraction of sp³-hybridized carbons (Fsp3) is 0.263. The van der Waals surface area contributed by atoms with Gasteiger partial charge in [-0.1, -0.05) is 43.4 Å². The van der Waals surface area contributed by atoms with Crippen LogP contribution in [0.1, 0.15) is 13.8 Å². The number of rotatable bonds is 7. The Bertz CT molecular complexity index is 1080. The third kappa shape index (κ3) is 4.49. The number of methoxy groups -OCH3 is 1. The molecule has 1 aromatic heterocycles. The van der Waals surface area contributed by atoms with Crippen LogP contribution in [0.4, 0.5) is 5.13 Å². The van der Waals surface area contributed by atoms with E-state index in [4.69, 9.17) is 4.74 Å². The van der Waals surface area contributed by atoms with E-state index in [2.05, 4.69) is 15.0 Å². The lowest BCUT2D eigenvalue weighted by Gasteiger charge is -2.21. The van der Waals surface area contributed by atoms with Gasteiger partial charge in [0, 0.05) is 0 Å². The van der Waals surface area contributed by atoms with Crippen molar-refractivity contribution in [2.45, 2.75) is 24.8 Å². The molecule has 0 spiro atoms. The minimum Gasteiger partial charge on any atom is -0.497 e. The second-order valence-corrected chi connectivity index (χ2v) is 9.24. The van der Waals surface area contributed by atoms with Gasteiger partial charge in [-0.25, -0.2) is 13.4 Å². The van der Waals surface area contributed by atoms with Crippen molar-refractivity contribution in [1.82, 2.24) is 9.71 Å². The summed E-state index contributed by atoms with van der Waals surface area (Å²) in [5.74, 6) is -0.0156. The summed E-state index contributed by atoms with van der Waals surface area (Å²) in [7, 11) is -2.24. The van der Waals surface area contributed by atoms with E-state index in [1.807, 2.05) is 6.07 Å². The van der Waals surface area contributed by atoms with Gasteiger partial charge in [-0.15, -0.1) is 0 Å². The highest BCUT2D eigenvalue weighted by molar-refractivity contribution is 7.89. The Balaban J connectivity index is 1.80. The number of carbonyl (C=O) groups is 1. The number of nitrogens with zero attached hydrogens (tertiary/aromatic N) is 1. The van der Waals surface area contributed by atoms with Crippen LogP contribution in [0.25, 0.3) is 10.2 Å². The van der Waals surface area contributed by atoms with Crippen molar-refractivity contribution < 1.29 is 17.9 Å². The van der Waals surface area contributed by atoms with E-state index >= 15 is 0 Å². The van der Waals surface area contributed by atoms with Gasteiger partial charge in [0.2, 0.25) is 15.9 Å². The third-order valence-electron chi connectivity index (χ3n) is 4.11. The Morgan fingerprint density at radius 2 is 1.86 bits per heavy atom. The van der Waals surface area contributed by atoms with Crippen LogP contribution in [-0.2, 0) is 14.8 Å². The Hall–Kier alpha value is -2.49. The van der Waals surface area contributed by atoms with Crippen LogP contribution < -0.4 is 14.8 Å². The van der Waals surface area contributed by atoms with Gasteiger partial charge in [0.1, 0.15) is 11.8 Å². The second-order valence-electron chi connectivity index (χ2n) is 6.50. The molecule has 0 saturated heterocycles. The maximum atomic E-state index is 12.8. The third-order valence-corrected chi connectivity index (χ3v) is 6.50. The number of ether oxygens (including phenoxy) is 1. The number of hydrogen-bond acceptors (Lipinski definition) is 6. The first-order valence-electron chi connectivity index (χ1n) is 8.63. The van der Waals surface area contributed by atoms with E-state index in [1.54, 1.807) is 51.3 Å². The summed E-state index contributed by atoms with van der Waals surface area (Å²) in [5, 5.41) is 3.13.